The van der Waals surface area contributed by atoms with Crippen molar-refractivity contribution in [3.63, 3.8) is 0 Å². The van der Waals surface area contributed by atoms with Crippen LogP contribution in [0.2, 0.25) is 0 Å². The Balaban J connectivity index is 1.75. The van der Waals surface area contributed by atoms with Gasteiger partial charge in [0.25, 0.3) is 0 Å². The number of nitrogens with two attached hydrogens (primary N) is 1. The zero-order valence-corrected chi connectivity index (χ0v) is 17.3. The molecule has 2 aromatic rings. The first-order valence-electron chi connectivity index (χ1n) is 10.0. The van der Waals surface area contributed by atoms with Gasteiger partial charge >= 0.3 is 0 Å². The molecule has 0 saturated heterocycles. The molecule has 0 aliphatic carbocycles. The Hall–Kier alpha value is -2.86. The Morgan fingerprint density at radius 2 is 2.03 bits per heavy atom. The summed E-state index contributed by atoms with van der Waals surface area (Å²) in [5, 5.41) is 2.90. The molecule has 1 atom stereocenters. The number of fused-ring (bicyclic) bond motifs is 1. The van der Waals surface area contributed by atoms with Gasteiger partial charge in [0.15, 0.2) is 0 Å². The van der Waals surface area contributed by atoms with Crippen molar-refractivity contribution in [2.75, 3.05) is 23.9 Å². The molecule has 3 N–H and O–H groups in total. The van der Waals surface area contributed by atoms with E-state index in [0.717, 1.165) is 35.4 Å². The molecular formula is C23H29N3O3. The van der Waals surface area contributed by atoms with E-state index in [9.17, 15) is 9.59 Å². The minimum Gasteiger partial charge on any atom is -0.497 e. The van der Waals surface area contributed by atoms with Crippen molar-refractivity contribution < 1.29 is 14.3 Å². The highest BCUT2D eigenvalue weighted by molar-refractivity contribution is 6.00. The van der Waals surface area contributed by atoms with Crippen molar-refractivity contribution in [2.24, 2.45) is 5.73 Å². The molecule has 1 unspecified atom stereocenters. The molecule has 6 nitrogen and oxygen atoms in total. The molecule has 0 aromatic heterocycles. The third-order valence-electron chi connectivity index (χ3n) is 5.32. The predicted molar refractivity (Wildman–Crippen MR) is 115 cm³/mol. The lowest BCUT2D eigenvalue weighted by Crippen LogP contribution is -2.48. The van der Waals surface area contributed by atoms with Gasteiger partial charge in [0.05, 0.1) is 19.1 Å². The second-order valence-corrected chi connectivity index (χ2v) is 7.79. The van der Waals surface area contributed by atoms with Crippen molar-refractivity contribution >= 4 is 23.2 Å². The van der Waals surface area contributed by atoms with E-state index in [2.05, 4.69) is 5.32 Å². The van der Waals surface area contributed by atoms with Gasteiger partial charge in [-0.1, -0.05) is 31.5 Å². The fourth-order valence-electron chi connectivity index (χ4n) is 3.68. The first-order chi connectivity index (χ1) is 13.8. The molecule has 3 rings (SSSR count). The number of hydrogen-bond donors (Lipinski definition) is 2. The van der Waals surface area contributed by atoms with Crippen molar-refractivity contribution in [3.05, 3.63) is 53.6 Å². The lowest BCUT2D eigenvalue weighted by Gasteiger charge is -2.23. The first kappa shape index (κ1) is 20.9. The topological polar surface area (TPSA) is 84.7 Å². The molecule has 0 spiro atoms. The van der Waals surface area contributed by atoms with Gasteiger partial charge in [-0.05, 0) is 55.2 Å². The number of nitrogens with one attached hydrogen (secondary N) is 1. The fourth-order valence-corrected chi connectivity index (χ4v) is 3.68. The maximum absolute atomic E-state index is 12.9. The van der Waals surface area contributed by atoms with Gasteiger partial charge in [-0.2, -0.15) is 0 Å². The summed E-state index contributed by atoms with van der Waals surface area (Å²) in [5.74, 6) is 0.542. The molecule has 0 saturated carbocycles. The number of methoxy groups -OCH3 is 1. The number of carbonyl (C=O) groups excluding carboxylic acids is 2. The maximum Gasteiger partial charge on any atom is 0.244 e. The maximum atomic E-state index is 12.9. The summed E-state index contributed by atoms with van der Waals surface area (Å²) in [7, 11) is 1.61. The Bertz CT molecular complexity index is 908. The van der Waals surface area contributed by atoms with Crippen LogP contribution in [0, 0.1) is 0 Å². The summed E-state index contributed by atoms with van der Waals surface area (Å²) in [6, 6.07) is 13.2. The lowest BCUT2D eigenvalue weighted by molar-refractivity contribution is -0.121. The summed E-state index contributed by atoms with van der Waals surface area (Å²) < 4.78 is 5.24. The third-order valence-corrected chi connectivity index (χ3v) is 5.32. The highest BCUT2D eigenvalue weighted by Gasteiger charge is 2.29. The number of anilines is 2. The average molecular weight is 396 g/mol. The predicted octanol–water partition coefficient (Wildman–Crippen LogP) is 3.28. The van der Waals surface area contributed by atoms with Crippen LogP contribution < -0.4 is 20.7 Å². The van der Waals surface area contributed by atoms with E-state index >= 15 is 0 Å². The summed E-state index contributed by atoms with van der Waals surface area (Å²) in [6.45, 7) is 4.38. The van der Waals surface area contributed by atoms with E-state index in [1.54, 1.807) is 18.9 Å². The van der Waals surface area contributed by atoms with Gasteiger partial charge in [-0.3, -0.25) is 9.59 Å². The monoisotopic (exact) mass is 395 g/mol. The SMILES string of the molecule is CCCC(C)(N)C(=O)Nc1ccc2c(c1)N(C(=O)Cc1cccc(OC)c1)CC2. The molecule has 0 fully saturated rings. The van der Waals surface area contributed by atoms with Crippen LogP contribution >= 0.6 is 0 Å². The van der Waals surface area contributed by atoms with Crippen LogP contribution in [0.1, 0.15) is 37.8 Å². The standard InChI is InChI=1S/C23H29N3O3/c1-4-11-23(2,24)22(28)25-18-9-8-17-10-12-26(20(17)15-18)21(27)14-16-6-5-7-19(13-16)29-3/h5-9,13,15H,4,10-12,14,24H2,1-3H3,(H,25,28). The Kier molecular flexibility index (Phi) is 6.23. The summed E-state index contributed by atoms with van der Waals surface area (Å²) in [6.07, 6.45) is 2.54. The summed E-state index contributed by atoms with van der Waals surface area (Å²) >= 11 is 0. The zero-order valence-electron chi connectivity index (χ0n) is 17.3. The molecule has 1 heterocycles. The fraction of sp³-hybridized carbons (Fsp3) is 0.391. The van der Waals surface area contributed by atoms with Crippen LogP contribution in [-0.2, 0) is 22.4 Å². The van der Waals surface area contributed by atoms with Gasteiger partial charge in [-0.15, -0.1) is 0 Å². The van der Waals surface area contributed by atoms with Gasteiger partial charge in [0.2, 0.25) is 11.8 Å². The van der Waals surface area contributed by atoms with Crippen LogP contribution in [0.3, 0.4) is 0 Å². The molecule has 0 bridgehead atoms. The number of nitrogens with zero attached hydrogens (tertiary/aromatic N) is 1. The van der Waals surface area contributed by atoms with E-state index in [-0.39, 0.29) is 11.8 Å². The van der Waals surface area contributed by atoms with Gasteiger partial charge in [0.1, 0.15) is 5.75 Å². The average Bonchev–Trinajstić information content (AvgIpc) is 3.11. The van der Waals surface area contributed by atoms with Crippen LogP contribution in [-0.4, -0.2) is 31.0 Å². The van der Waals surface area contributed by atoms with Crippen LogP contribution in [0.15, 0.2) is 42.5 Å². The molecule has 2 aromatic carbocycles. The number of benzene rings is 2. The van der Waals surface area contributed by atoms with Crippen LogP contribution in [0.25, 0.3) is 0 Å². The second kappa shape index (κ2) is 8.66. The number of rotatable bonds is 7. The van der Waals surface area contributed by atoms with E-state index in [1.165, 1.54) is 0 Å². The molecule has 0 radical (unpaired) electrons. The summed E-state index contributed by atoms with van der Waals surface area (Å²) in [4.78, 5) is 27.2. The zero-order chi connectivity index (χ0) is 21.0. The van der Waals surface area contributed by atoms with E-state index < -0.39 is 5.54 Å². The van der Waals surface area contributed by atoms with Crippen LogP contribution in [0.4, 0.5) is 11.4 Å². The molecular weight excluding hydrogens is 366 g/mol. The molecule has 6 heteroatoms. The van der Waals surface area contributed by atoms with Crippen molar-refractivity contribution in [2.45, 2.75) is 45.1 Å². The van der Waals surface area contributed by atoms with Gasteiger partial charge in [0, 0.05) is 17.9 Å². The third kappa shape index (κ3) is 4.77. The number of ether oxygens (including phenoxy) is 1. The highest BCUT2D eigenvalue weighted by Crippen LogP contribution is 2.32. The Morgan fingerprint density at radius 3 is 2.76 bits per heavy atom. The Labute approximate surface area is 172 Å². The van der Waals surface area contributed by atoms with Gasteiger partial charge < -0.3 is 20.7 Å². The first-order valence-corrected chi connectivity index (χ1v) is 10.0. The van der Waals surface area contributed by atoms with Crippen molar-refractivity contribution in [1.82, 2.24) is 0 Å². The largest absolute Gasteiger partial charge is 0.497 e. The molecule has 29 heavy (non-hydrogen) atoms. The molecule has 154 valence electrons. The minimum absolute atomic E-state index is 0.0233. The van der Waals surface area contributed by atoms with E-state index in [1.807, 2.05) is 49.4 Å². The van der Waals surface area contributed by atoms with Gasteiger partial charge in [-0.25, -0.2) is 0 Å². The lowest BCUT2D eigenvalue weighted by atomic mass is 9.96. The van der Waals surface area contributed by atoms with Crippen molar-refractivity contribution in [1.29, 1.82) is 0 Å². The van der Waals surface area contributed by atoms with E-state index in [4.69, 9.17) is 10.5 Å². The molecule has 1 aliphatic heterocycles. The normalized spacial score (nSPS) is 14.8. The Morgan fingerprint density at radius 1 is 1.24 bits per heavy atom. The summed E-state index contributed by atoms with van der Waals surface area (Å²) in [5.41, 5.74) is 8.73. The van der Waals surface area contributed by atoms with Crippen LogP contribution in [0.5, 0.6) is 5.75 Å². The molecule has 1 aliphatic rings. The smallest absolute Gasteiger partial charge is 0.244 e. The van der Waals surface area contributed by atoms with Crippen molar-refractivity contribution in [3.8, 4) is 5.75 Å². The van der Waals surface area contributed by atoms with E-state index in [0.29, 0.717) is 25.1 Å². The quantitative estimate of drug-likeness (QED) is 0.753. The highest BCUT2D eigenvalue weighted by atomic mass is 16.5. The number of amides is 2. The second-order valence-electron chi connectivity index (χ2n) is 7.79. The number of hydrogen-bond acceptors (Lipinski definition) is 4. The minimum atomic E-state index is -0.921. The molecule has 2 amide bonds. The number of carbonyl (C=O) groups is 2.